The van der Waals surface area contributed by atoms with Crippen molar-refractivity contribution in [2.75, 3.05) is 13.1 Å². The number of amides is 1. The van der Waals surface area contributed by atoms with E-state index in [1.165, 1.54) is 6.92 Å². The topological polar surface area (TPSA) is 75.3 Å². The summed E-state index contributed by atoms with van der Waals surface area (Å²) in [6.07, 6.45) is 0. The highest BCUT2D eigenvalue weighted by Crippen LogP contribution is 2.17. The van der Waals surface area contributed by atoms with Crippen molar-refractivity contribution in [3.05, 3.63) is 29.8 Å². The quantitative estimate of drug-likeness (QED) is 0.765. The Morgan fingerprint density at radius 1 is 1.22 bits per heavy atom. The largest absolute Gasteiger partial charge is 0.355 e. The summed E-state index contributed by atoms with van der Waals surface area (Å²) in [7, 11) is -4.27. The average Bonchev–Trinajstić information content (AvgIpc) is 2.23. The van der Waals surface area contributed by atoms with E-state index in [4.69, 9.17) is 0 Å². The zero-order valence-electron chi connectivity index (χ0n) is 9.54. The first kappa shape index (κ1) is 14.5. The molecule has 0 bridgehead atoms. The Kier molecular flexibility index (Phi) is 4.74. The Morgan fingerprint density at radius 2 is 1.78 bits per heavy atom. The summed E-state index contributed by atoms with van der Waals surface area (Å²) in [6, 6.07) is 2.78. The van der Waals surface area contributed by atoms with Crippen LogP contribution in [0.5, 0.6) is 0 Å². The molecule has 8 heteroatoms. The van der Waals surface area contributed by atoms with Gasteiger partial charge in [0.1, 0.15) is 11.6 Å². The Hall–Kier alpha value is -1.54. The van der Waals surface area contributed by atoms with Crippen LogP contribution >= 0.6 is 0 Å². The smallest absolute Gasteiger partial charge is 0.246 e. The van der Waals surface area contributed by atoms with Crippen molar-refractivity contribution in [1.29, 1.82) is 0 Å². The summed E-state index contributed by atoms with van der Waals surface area (Å²) in [5.74, 6) is -2.66. The third-order valence-electron chi connectivity index (χ3n) is 1.98. The fourth-order valence-electron chi connectivity index (χ4n) is 1.24. The van der Waals surface area contributed by atoms with Crippen LogP contribution in [0.15, 0.2) is 23.1 Å². The Morgan fingerprint density at radius 3 is 2.28 bits per heavy atom. The molecule has 0 spiro atoms. The minimum atomic E-state index is -4.27. The van der Waals surface area contributed by atoms with Crippen molar-refractivity contribution >= 4 is 15.9 Å². The molecule has 0 atom stereocenters. The second-order valence-electron chi connectivity index (χ2n) is 3.43. The van der Waals surface area contributed by atoms with E-state index in [0.29, 0.717) is 0 Å². The van der Waals surface area contributed by atoms with Gasteiger partial charge >= 0.3 is 0 Å². The lowest BCUT2D eigenvalue weighted by Crippen LogP contribution is -2.34. The summed E-state index contributed by atoms with van der Waals surface area (Å²) < 4.78 is 51.7. The van der Waals surface area contributed by atoms with Crippen molar-refractivity contribution in [3.63, 3.8) is 0 Å². The zero-order chi connectivity index (χ0) is 13.8. The maximum Gasteiger partial charge on any atom is 0.246 e. The van der Waals surface area contributed by atoms with Gasteiger partial charge in [-0.15, -0.1) is 0 Å². The summed E-state index contributed by atoms with van der Waals surface area (Å²) in [5.41, 5.74) is 0. The fraction of sp³-hybridized carbons (Fsp3) is 0.300. The van der Waals surface area contributed by atoms with Crippen LogP contribution in [0.1, 0.15) is 6.92 Å². The second-order valence-corrected chi connectivity index (χ2v) is 5.14. The number of nitrogens with one attached hydrogen (secondary N) is 2. The lowest BCUT2D eigenvalue weighted by Gasteiger charge is -2.08. The van der Waals surface area contributed by atoms with Crippen LogP contribution in [0.25, 0.3) is 0 Å². The zero-order valence-corrected chi connectivity index (χ0v) is 10.4. The number of rotatable bonds is 5. The Bertz CT molecular complexity index is 526. The maximum absolute atomic E-state index is 13.3. The van der Waals surface area contributed by atoms with E-state index >= 15 is 0 Å². The number of halogens is 2. The number of carbonyl (C=O) groups is 1. The van der Waals surface area contributed by atoms with Gasteiger partial charge in [0.25, 0.3) is 0 Å². The van der Waals surface area contributed by atoms with E-state index in [-0.39, 0.29) is 19.0 Å². The normalized spacial score (nSPS) is 11.3. The molecule has 0 heterocycles. The third kappa shape index (κ3) is 3.74. The van der Waals surface area contributed by atoms with Gasteiger partial charge in [-0.3, -0.25) is 4.79 Å². The molecule has 1 aromatic rings. The van der Waals surface area contributed by atoms with Gasteiger partial charge in [0, 0.05) is 20.0 Å². The summed E-state index contributed by atoms with van der Waals surface area (Å²) in [6.45, 7) is 1.14. The Balaban J connectivity index is 2.78. The molecule has 1 amide bonds. The first-order valence-corrected chi connectivity index (χ1v) is 6.51. The van der Waals surface area contributed by atoms with E-state index in [2.05, 4.69) is 5.32 Å². The van der Waals surface area contributed by atoms with Crippen LogP contribution in [0.4, 0.5) is 8.78 Å². The van der Waals surface area contributed by atoms with Gasteiger partial charge in [-0.2, -0.15) is 0 Å². The number of benzene rings is 1. The standard InChI is InChI=1S/C10H12F2N2O3S/c1-7(15)13-5-6-14-18(16,17)10-8(11)3-2-4-9(10)12/h2-4,14H,5-6H2,1H3,(H,13,15). The first-order chi connectivity index (χ1) is 8.34. The fourth-order valence-corrected chi connectivity index (χ4v) is 2.40. The summed E-state index contributed by atoms with van der Waals surface area (Å²) in [5, 5.41) is 2.35. The SMILES string of the molecule is CC(=O)NCCNS(=O)(=O)c1c(F)cccc1F. The van der Waals surface area contributed by atoms with Crippen molar-refractivity contribution in [2.24, 2.45) is 0 Å². The highest BCUT2D eigenvalue weighted by atomic mass is 32.2. The van der Waals surface area contributed by atoms with Gasteiger partial charge in [-0.1, -0.05) is 6.07 Å². The molecule has 0 aliphatic carbocycles. The molecule has 1 rings (SSSR count). The van der Waals surface area contributed by atoms with E-state index in [9.17, 15) is 22.0 Å². The molecule has 0 aromatic heterocycles. The molecule has 1 aromatic carbocycles. The predicted octanol–water partition coefficient (Wildman–Crippen LogP) is 0.379. The van der Waals surface area contributed by atoms with Crippen LogP contribution in [-0.4, -0.2) is 27.4 Å². The maximum atomic E-state index is 13.3. The van der Waals surface area contributed by atoms with Gasteiger partial charge in [0.15, 0.2) is 4.90 Å². The van der Waals surface area contributed by atoms with Crippen LogP contribution in [0, 0.1) is 11.6 Å². The molecule has 0 unspecified atom stereocenters. The van der Waals surface area contributed by atoms with E-state index < -0.39 is 26.6 Å². The number of sulfonamides is 1. The number of carbonyl (C=O) groups excluding carboxylic acids is 1. The van der Waals surface area contributed by atoms with E-state index in [0.717, 1.165) is 18.2 Å². The third-order valence-corrected chi connectivity index (χ3v) is 3.49. The predicted molar refractivity (Wildman–Crippen MR) is 60.2 cm³/mol. The van der Waals surface area contributed by atoms with Crippen LogP contribution in [-0.2, 0) is 14.8 Å². The van der Waals surface area contributed by atoms with Crippen molar-refractivity contribution < 1.29 is 22.0 Å². The molecular formula is C10H12F2N2O3S. The summed E-state index contributed by atoms with van der Waals surface area (Å²) in [4.78, 5) is 9.52. The first-order valence-electron chi connectivity index (χ1n) is 5.02. The molecule has 18 heavy (non-hydrogen) atoms. The van der Waals surface area contributed by atoms with Gasteiger partial charge in [-0.25, -0.2) is 21.9 Å². The van der Waals surface area contributed by atoms with Crippen molar-refractivity contribution in [3.8, 4) is 0 Å². The van der Waals surface area contributed by atoms with E-state index in [1.807, 2.05) is 4.72 Å². The highest BCUT2D eigenvalue weighted by molar-refractivity contribution is 7.89. The molecule has 0 saturated carbocycles. The monoisotopic (exact) mass is 278 g/mol. The van der Waals surface area contributed by atoms with Crippen LogP contribution in [0.3, 0.4) is 0 Å². The molecule has 0 radical (unpaired) electrons. The molecule has 100 valence electrons. The summed E-state index contributed by atoms with van der Waals surface area (Å²) >= 11 is 0. The number of hydrogen-bond acceptors (Lipinski definition) is 3. The van der Waals surface area contributed by atoms with Crippen molar-refractivity contribution in [2.45, 2.75) is 11.8 Å². The minimum absolute atomic E-state index is 0.0324. The molecule has 2 N–H and O–H groups in total. The molecule has 0 saturated heterocycles. The van der Waals surface area contributed by atoms with Crippen molar-refractivity contribution in [1.82, 2.24) is 10.0 Å². The Labute approximate surface area is 103 Å². The van der Waals surface area contributed by atoms with Crippen LogP contribution in [0.2, 0.25) is 0 Å². The van der Waals surface area contributed by atoms with Gasteiger partial charge in [0.05, 0.1) is 0 Å². The number of hydrogen-bond donors (Lipinski definition) is 2. The van der Waals surface area contributed by atoms with Gasteiger partial charge < -0.3 is 5.32 Å². The molecular weight excluding hydrogens is 266 g/mol. The molecule has 5 nitrogen and oxygen atoms in total. The molecule has 0 aliphatic rings. The van der Waals surface area contributed by atoms with Crippen LogP contribution < -0.4 is 10.0 Å². The second kappa shape index (κ2) is 5.87. The molecule has 0 aliphatic heterocycles. The lowest BCUT2D eigenvalue weighted by atomic mass is 10.3. The van der Waals surface area contributed by atoms with Gasteiger partial charge in [-0.05, 0) is 12.1 Å². The lowest BCUT2D eigenvalue weighted by molar-refractivity contribution is -0.118. The average molecular weight is 278 g/mol. The minimum Gasteiger partial charge on any atom is -0.355 e. The van der Waals surface area contributed by atoms with Gasteiger partial charge in [0.2, 0.25) is 15.9 Å². The van der Waals surface area contributed by atoms with E-state index in [1.54, 1.807) is 0 Å². The molecule has 0 fully saturated rings. The highest BCUT2D eigenvalue weighted by Gasteiger charge is 2.22.